The summed E-state index contributed by atoms with van der Waals surface area (Å²) < 4.78 is 46.6. The van der Waals surface area contributed by atoms with Crippen molar-refractivity contribution < 1.29 is 17.9 Å². The molecule has 2 aromatic carbocycles. The van der Waals surface area contributed by atoms with E-state index in [0.717, 1.165) is 11.8 Å². The lowest BCUT2D eigenvalue weighted by atomic mass is 9.87. The Kier molecular flexibility index (Phi) is 6.58. The minimum absolute atomic E-state index is 0.00822. The third kappa shape index (κ3) is 6.84. The maximum atomic E-state index is 13.6. The summed E-state index contributed by atoms with van der Waals surface area (Å²) in [4.78, 5) is 7.98. The average molecular weight is 459 g/mol. The van der Waals surface area contributed by atoms with Crippen LogP contribution in [0.15, 0.2) is 54.7 Å². The molecule has 0 atom stereocenters. The van der Waals surface area contributed by atoms with Gasteiger partial charge in [0.25, 0.3) is 0 Å². The molecule has 5 nitrogen and oxygen atoms in total. The van der Waals surface area contributed by atoms with Crippen molar-refractivity contribution in [3.8, 4) is 5.75 Å². The first-order chi connectivity index (χ1) is 15.2. The van der Waals surface area contributed by atoms with Gasteiger partial charge >= 0.3 is 6.18 Å². The molecular weight excluding hydrogens is 429 g/mol. The van der Waals surface area contributed by atoms with E-state index >= 15 is 0 Å². The largest absolute Gasteiger partial charge is 0.488 e. The number of halogens is 3. The van der Waals surface area contributed by atoms with Crippen LogP contribution in [-0.4, -0.2) is 15.6 Å². The quantitative estimate of drug-likeness (QED) is 0.416. The first kappa shape index (κ1) is 24.4. The van der Waals surface area contributed by atoms with E-state index in [1.165, 1.54) is 0 Å². The molecule has 3 aromatic rings. The normalized spacial score (nSPS) is 12.4. The Morgan fingerprint density at radius 2 is 1.48 bits per heavy atom. The average Bonchev–Trinajstić information content (AvgIpc) is 2.66. The number of rotatable bonds is 5. The fraction of sp³-hybridized carbons (Fsp3) is 0.360. The maximum Gasteiger partial charge on any atom is 0.421 e. The van der Waals surface area contributed by atoms with Crippen molar-refractivity contribution in [2.45, 2.75) is 58.7 Å². The number of benzene rings is 2. The van der Waals surface area contributed by atoms with E-state index in [2.05, 4.69) is 41.4 Å². The number of aromatic nitrogens is 2. The van der Waals surface area contributed by atoms with Crippen molar-refractivity contribution in [3.63, 3.8) is 0 Å². The van der Waals surface area contributed by atoms with E-state index in [4.69, 9.17) is 4.74 Å². The third-order valence-corrected chi connectivity index (χ3v) is 4.62. The van der Waals surface area contributed by atoms with Gasteiger partial charge in [-0.15, -0.1) is 0 Å². The van der Waals surface area contributed by atoms with Crippen molar-refractivity contribution in [2.75, 3.05) is 10.6 Å². The van der Waals surface area contributed by atoms with E-state index in [9.17, 15) is 13.2 Å². The molecule has 0 radical (unpaired) electrons. The van der Waals surface area contributed by atoms with Gasteiger partial charge in [-0.05, 0) is 56.0 Å². The Bertz CT molecular complexity index is 1100. The van der Waals surface area contributed by atoms with Gasteiger partial charge in [-0.25, -0.2) is 4.98 Å². The summed E-state index contributed by atoms with van der Waals surface area (Å²) in [7, 11) is 0. The predicted octanol–water partition coefficient (Wildman–Crippen LogP) is 7.46. The molecule has 0 aliphatic carbocycles. The second-order valence-electron chi connectivity index (χ2n) is 9.77. The van der Waals surface area contributed by atoms with Gasteiger partial charge in [0.15, 0.2) is 0 Å². The summed E-state index contributed by atoms with van der Waals surface area (Å²) in [5, 5.41) is 5.74. The number of hydrogen-bond acceptors (Lipinski definition) is 5. The minimum Gasteiger partial charge on any atom is -0.488 e. The van der Waals surface area contributed by atoms with Gasteiger partial charge in [0, 0.05) is 23.6 Å². The molecule has 0 amide bonds. The molecule has 0 aliphatic rings. The molecule has 0 fully saturated rings. The second-order valence-corrected chi connectivity index (χ2v) is 9.77. The van der Waals surface area contributed by atoms with Crippen molar-refractivity contribution in [1.29, 1.82) is 0 Å². The predicted molar refractivity (Wildman–Crippen MR) is 126 cm³/mol. The van der Waals surface area contributed by atoms with Crippen LogP contribution >= 0.6 is 0 Å². The fourth-order valence-corrected chi connectivity index (χ4v) is 3.06. The summed E-state index contributed by atoms with van der Waals surface area (Å²) in [5.41, 5.74) is 0.825. The Hall–Kier alpha value is -3.29. The lowest BCUT2D eigenvalue weighted by Crippen LogP contribution is -2.22. The molecule has 33 heavy (non-hydrogen) atoms. The highest BCUT2D eigenvalue weighted by molar-refractivity contribution is 5.64. The van der Waals surface area contributed by atoms with Gasteiger partial charge in [0.2, 0.25) is 5.95 Å². The van der Waals surface area contributed by atoms with Gasteiger partial charge in [-0.3, -0.25) is 0 Å². The summed E-state index contributed by atoms with van der Waals surface area (Å²) >= 11 is 0. The van der Waals surface area contributed by atoms with Crippen LogP contribution in [0.2, 0.25) is 0 Å². The lowest BCUT2D eigenvalue weighted by molar-refractivity contribution is -0.137. The Balaban J connectivity index is 1.89. The molecule has 0 bridgehead atoms. The van der Waals surface area contributed by atoms with Crippen LogP contribution in [-0.2, 0) is 11.6 Å². The fourth-order valence-electron chi connectivity index (χ4n) is 3.06. The number of ether oxygens (including phenoxy) is 1. The third-order valence-electron chi connectivity index (χ3n) is 4.62. The van der Waals surface area contributed by atoms with Crippen molar-refractivity contribution in [3.05, 3.63) is 65.9 Å². The van der Waals surface area contributed by atoms with Gasteiger partial charge < -0.3 is 15.4 Å². The van der Waals surface area contributed by atoms with E-state index in [1.807, 2.05) is 45.0 Å². The Morgan fingerprint density at radius 3 is 2.06 bits per heavy atom. The van der Waals surface area contributed by atoms with Crippen LogP contribution in [0.3, 0.4) is 0 Å². The number of hydrogen-bond donors (Lipinski definition) is 2. The molecule has 2 N–H and O–H groups in total. The van der Waals surface area contributed by atoms with E-state index in [1.54, 1.807) is 24.3 Å². The zero-order valence-electron chi connectivity index (χ0n) is 19.6. The summed E-state index contributed by atoms with van der Waals surface area (Å²) in [6.45, 7) is 12.0. The molecule has 8 heteroatoms. The number of alkyl halides is 3. The van der Waals surface area contributed by atoms with Crippen LogP contribution in [0, 0.1) is 0 Å². The van der Waals surface area contributed by atoms with E-state index < -0.39 is 17.3 Å². The highest BCUT2D eigenvalue weighted by Crippen LogP contribution is 2.36. The lowest BCUT2D eigenvalue weighted by Gasteiger charge is -2.22. The van der Waals surface area contributed by atoms with E-state index in [-0.39, 0.29) is 17.2 Å². The van der Waals surface area contributed by atoms with Crippen LogP contribution in [0.1, 0.15) is 52.7 Å². The smallest absolute Gasteiger partial charge is 0.421 e. The Morgan fingerprint density at radius 1 is 0.818 bits per heavy atom. The van der Waals surface area contributed by atoms with Crippen LogP contribution in [0.5, 0.6) is 5.75 Å². The molecular formula is C25H29F3N4O. The monoisotopic (exact) mass is 458 g/mol. The highest BCUT2D eigenvalue weighted by atomic mass is 19.4. The van der Waals surface area contributed by atoms with Crippen LogP contribution in [0.4, 0.5) is 36.3 Å². The zero-order chi connectivity index (χ0) is 24.4. The number of nitrogens with zero attached hydrogens (tertiary/aromatic N) is 2. The molecule has 0 aliphatic heterocycles. The Labute approximate surface area is 192 Å². The van der Waals surface area contributed by atoms with Gasteiger partial charge in [0.05, 0.1) is 0 Å². The second kappa shape index (κ2) is 8.92. The van der Waals surface area contributed by atoms with Crippen LogP contribution in [0.25, 0.3) is 0 Å². The molecule has 176 valence electrons. The van der Waals surface area contributed by atoms with Crippen LogP contribution < -0.4 is 15.4 Å². The SMILES string of the molecule is CC(C)(C)Oc1cccc(Nc2nc(Nc3ccc(C(C)(C)C)cc3)ncc2C(F)(F)F)c1. The minimum atomic E-state index is -4.62. The highest BCUT2D eigenvalue weighted by Gasteiger charge is 2.35. The standard InChI is InChI=1S/C25H29F3N4O/c1-23(2,3)16-10-12-17(13-11-16)31-22-29-15-20(25(26,27)28)21(32-22)30-18-8-7-9-19(14-18)33-24(4,5)6/h7-15H,1-6H3,(H2,29,30,31,32). The topological polar surface area (TPSA) is 59.1 Å². The summed E-state index contributed by atoms with van der Waals surface area (Å²) in [6, 6.07) is 14.4. The molecule has 0 saturated carbocycles. The van der Waals surface area contributed by atoms with E-state index in [0.29, 0.717) is 17.1 Å². The molecule has 1 heterocycles. The van der Waals surface area contributed by atoms with Gasteiger partial charge in [0.1, 0.15) is 22.7 Å². The molecule has 0 unspecified atom stereocenters. The molecule has 1 aromatic heterocycles. The van der Waals surface area contributed by atoms with Crippen molar-refractivity contribution in [2.24, 2.45) is 0 Å². The first-order valence-electron chi connectivity index (χ1n) is 10.6. The molecule has 0 spiro atoms. The number of nitrogens with one attached hydrogen (secondary N) is 2. The molecule has 0 saturated heterocycles. The van der Waals surface area contributed by atoms with Gasteiger partial charge in [-0.2, -0.15) is 18.2 Å². The zero-order valence-corrected chi connectivity index (χ0v) is 19.6. The summed E-state index contributed by atoms with van der Waals surface area (Å²) in [5.74, 6) is 0.239. The molecule has 3 rings (SSSR count). The van der Waals surface area contributed by atoms with Crippen molar-refractivity contribution in [1.82, 2.24) is 9.97 Å². The van der Waals surface area contributed by atoms with Crippen molar-refractivity contribution >= 4 is 23.1 Å². The van der Waals surface area contributed by atoms with Gasteiger partial charge in [-0.1, -0.05) is 39.0 Å². The summed E-state index contributed by atoms with van der Waals surface area (Å²) in [6.07, 6.45) is -3.84. The first-order valence-corrected chi connectivity index (χ1v) is 10.6. The number of anilines is 4. The maximum absolute atomic E-state index is 13.6.